The smallest absolute Gasteiger partial charge is 0.0486 e. The molecule has 0 spiro atoms. The quantitative estimate of drug-likeness (QED) is 0.895. The molecule has 0 unspecified atom stereocenters. The Morgan fingerprint density at radius 2 is 1.90 bits per heavy atom. The summed E-state index contributed by atoms with van der Waals surface area (Å²) < 4.78 is 2.44. The van der Waals surface area contributed by atoms with Crippen LogP contribution in [-0.4, -0.2) is 11.1 Å². The third-order valence-corrected chi connectivity index (χ3v) is 4.83. The molecule has 2 N–H and O–H groups in total. The highest BCUT2D eigenvalue weighted by atomic mass is 15.0. The van der Waals surface area contributed by atoms with Crippen LogP contribution in [0.5, 0.6) is 0 Å². The van der Waals surface area contributed by atoms with Crippen LogP contribution < -0.4 is 5.73 Å². The minimum atomic E-state index is 0.745. The van der Waals surface area contributed by atoms with E-state index in [2.05, 4.69) is 29.8 Å². The van der Waals surface area contributed by atoms with Crippen molar-refractivity contribution in [2.75, 3.05) is 6.54 Å². The number of nitrogens with two attached hydrogens (primary N) is 1. The molecule has 1 aliphatic rings. The third-order valence-electron chi connectivity index (χ3n) is 4.83. The molecule has 0 atom stereocenters. The van der Waals surface area contributed by atoms with Crippen LogP contribution in [0.15, 0.2) is 18.3 Å². The first-order chi connectivity index (χ1) is 10.3. The van der Waals surface area contributed by atoms with Gasteiger partial charge in [-0.1, -0.05) is 25.8 Å². The fourth-order valence-corrected chi connectivity index (χ4v) is 3.86. The molecule has 2 heteroatoms. The summed E-state index contributed by atoms with van der Waals surface area (Å²) in [5, 5.41) is 1.54. The molecule has 3 rings (SSSR count). The average molecular weight is 284 g/mol. The summed E-state index contributed by atoms with van der Waals surface area (Å²) in [5.74, 6) is 0. The molecule has 1 aromatic carbocycles. The second kappa shape index (κ2) is 6.65. The Hall–Kier alpha value is -1.28. The Morgan fingerprint density at radius 3 is 2.67 bits per heavy atom. The van der Waals surface area contributed by atoms with Crippen molar-refractivity contribution < 1.29 is 0 Å². The van der Waals surface area contributed by atoms with E-state index in [1.54, 1.807) is 11.1 Å². The first kappa shape index (κ1) is 14.6. The van der Waals surface area contributed by atoms with Gasteiger partial charge in [-0.25, -0.2) is 0 Å². The van der Waals surface area contributed by atoms with Gasteiger partial charge in [0.25, 0.3) is 0 Å². The number of aromatic nitrogens is 1. The predicted octanol–water partition coefficient (Wildman–Crippen LogP) is 4.21. The zero-order valence-electron chi connectivity index (χ0n) is 13.3. The maximum Gasteiger partial charge on any atom is 0.0486 e. The van der Waals surface area contributed by atoms with Crippen molar-refractivity contribution >= 4 is 10.9 Å². The molecule has 2 aromatic rings. The molecular weight excluding hydrogens is 256 g/mol. The summed E-state index contributed by atoms with van der Waals surface area (Å²) in [5.41, 5.74) is 12.0. The molecule has 21 heavy (non-hydrogen) atoms. The van der Waals surface area contributed by atoms with E-state index >= 15 is 0 Å². The average Bonchev–Trinajstić information content (AvgIpc) is 2.78. The Kier molecular flexibility index (Phi) is 4.64. The van der Waals surface area contributed by atoms with Crippen LogP contribution in [0.3, 0.4) is 0 Å². The Labute approximate surface area is 128 Å². The third kappa shape index (κ3) is 2.87. The van der Waals surface area contributed by atoms with Crippen molar-refractivity contribution in [1.82, 2.24) is 4.57 Å². The van der Waals surface area contributed by atoms with Gasteiger partial charge >= 0.3 is 0 Å². The van der Waals surface area contributed by atoms with Gasteiger partial charge < -0.3 is 10.3 Å². The van der Waals surface area contributed by atoms with Crippen molar-refractivity contribution in [2.24, 2.45) is 5.73 Å². The van der Waals surface area contributed by atoms with Crippen LogP contribution >= 0.6 is 0 Å². The van der Waals surface area contributed by atoms with E-state index in [4.69, 9.17) is 5.73 Å². The molecule has 1 aliphatic carbocycles. The van der Waals surface area contributed by atoms with E-state index < -0.39 is 0 Å². The summed E-state index contributed by atoms with van der Waals surface area (Å²) in [6.45, 7) is 4.11. The van der Waals surface area contributed by atoms with Crippen molar-refractivity contribution in [3.63, 3.8) is 0 Å². The number of hydrogen-bond donors (Lipinski definition) is 1. The lowest BCUT2D eigenvalue weighted by Gasteiger charge is -2.16. The molecule has 2 nitrogen and oxygen atoms in total. The molecular formula is C19H28N2. The lowest BCUT2D eigenvalue weighted by atomic mass is 9.89. The topological polar surface area (TPSA) is 30.9 Å². The van der Waals surface area contributed by atoms with Gasteiger partial charge in [-0.05, 0) is 67.8 Å². The molecule has 0 saturated heterocycles. The van der Waals surface area contributed by atoms with Crippen LogP contribution in [0.4, 0.5) is 0 Å². The molecule has 0 fully saturated rings. The normalized spacial score (nSPS) is 15.7. The molecule has 1 aromatic heterocycles. The highest BCUT2D eigenvalue weighted by molar-refractivity contribution is 5.88. The molecule has 0 radical (unpaired) electrons. The fourth-order valence-electron chi connectivity index (χ4n) is 3.86. The van der Waals surface area contributed by atoms with Crippen LogP contribution in [0.1, 0.15) is 55.7 Å². The van der Waals surface area contributed by atoms with Crippen LogP contribution in [0.25, 0.3) is 10.9 Å². The molecule has 1 heterocycles. The van der Waals surface area contributed by atoms with E-state index in [0.29, 0.717) is 0 Å². The second-order valence-corrected chi connectivity index (χ2v) is 6.40. The van der Waals surface area contributed by atoms with Crippen LogP contribution in [-0.2, 0) is 25.8 Å². The standard InChI is InChI=1S/C19H28N2/c1-2-13-21-14-16(11-12-20)19-17-8-6-4-3-5-7-15(17)9-10-18(19)21/h9-10,14H,2-8,11-13,20H2,1H3. The van der Waals surface area contributed by atoms with Gasteiger partial charge in [0.15, 0.2) is 0 Å². The number of hydrogen-bond acceptors (Lipinski definition) is 1. The van der Waals surface area contributed by atoms with Crippen molar-refractivity contribution in [3.8, 4) is 0 Å². The van der Waals surface area contributed by atoms with Crippen molar-refractivity contribution in [2.45, 2.75) is 64.8 Å². The predicted molar refractivity (Wildman–Crippen MR) is 90.9 cm³/mol. The van der Waals surface area contributed by atoms with E-state index in [9.17, 15) is 0 Å². The number of rotatable bonds is 4. The molecule has 114 valence electrons. The monoisotopic (exact) mass is 284 g/mol. The number of fused-ring (bicyclic) bond motifs is 3. The number of aryl methyl sites for hydroxylation is 3. The summed E-state index contributed by atoms with van der Waals surface area (Å²) in [7, 11) is 0. The highest BCUT2D eigenvalue weighted by Gasteiger charge is 2.16. The van der Waals surface area contributed by atoms with E-state index in [0.717, 1.165) is 19.5 Å². The zero-order valence-corrected chi connectivity index (χ0v) is 13.3. The lowest BCUT2D eigenvalue weighted by Crippen LogP contribution is -2.04. The molecule has 0 aliphatic heterocycles. The number of nitrogens with zero attached hydrogens (tertiary/aromatic N) is 1. The lowest BCUT2D eigenvalue weighted by molar-refractivity contribution is 0.619. The van der Waals surface area contributed by atoms with Gasteiger partial charge in [-0.2, -0.15) is 0 Å². The maximum absolute atomic E-state index is 5.86. The van der Waals surface area contributed by atoms with E-state index in [1.807, 2.05) is 0 Å². The van der Waals surface area contributed by atoms with E-state index in [1.165, 1.54) is 61.4 Å². The first-order valence-corrected chi connectivity index (χ1v) is 8.67. The van der Waals surface area contributed by atoms with Crippen LogP contribution in [0.2, 0.25) is 0 Å². The van der Waals surface area contributed by atoms with Gasteiger partial charge in [-0.15, -0.1) is 0 Å². The van der Waals surface area contributed by atoms with Gasteiger partial charge in [0.05, 0.1) is 0 Å². The van der Waals surface area contributed by atoms with Gasteiger partial charge in [0.2, 0.25) is 0 Å². The summed E-state index contributed by atoms with van der Waals surface area (Å²) in [4.78, 5) is 0. The number of benzene rings is 1. The Bertz CT molecular complexity index is 610. The van der Waals surface area contributed by atoms with Gasteiger partial charge in [0, 0.05) is 23.6 Å². The van der Waals surface area contributed by atoms with Crippen molar-refractivity contribution in [3.05, 3.63) is 35.0 Å². The summed E-state index contributed by atoms with van der Waals surface area (Å²) in [6, 6.07) is 4.74. The summed E-state index contributed by atoms with van der Waals surface area (Å²) in [6.07, 6.45) is 12.5. The van der Waals surface area contributed by atoms with E-state index in [-0.39, 0.29) is 0 Å². The maximum atomic E-state index is 5.86. The van der Waals surface area contributed by atoms with Gasteiger partial charge in [0.1, 0.15) is 0 Å². The van der Waals surface area contributed by atoms with Gasteiger partial charge in [-0.3, -0.25) is 0 Å². The van der Waals surface area contributed by atoms with Crippen molar-refractivity contribution in [1.29, 1.82) is 0 Å². The molecule has 0 amide bonds. The largest absolute Gasteiger partial charge is 0.347 e. The van der Waals surface area contributed by atoms with Crippen LogP contribution in [0, 0.1) is 0 Å². The molecule has 0 saturated carbocycles. The zero-order chi connectivity index (χ0) is 14.7. The Morgan fingerprint density at radius 1 is 1.10 bits per heavy atom. The Balaban J connectivity index is 2.17. The first-order valence-electron chi connectivity index (χ1n) is 8.67. The highest BCUT2D eigenvalue weighted by Crippen LogP contribution is 2.32. The summed E-state index contributed by atoms with van der Waals surface area (Å²) >= 11 is 0. The fraction of sp³-hybridized carbons (Fsp3) is 0.579. The second-order valence-electron chi connectivity index (χ2n) is 6.40. The SMILES string of the molecule is CCCn1cc(CCN)c2c3c(ccc21)CCCCCC3. The minimum Gasteiger partial charge on any atom is -0.347 e. The minimum absolute atomic E-state index is 0.745. The molecule has 0 bridgehead atoms.